The van der Waals surface area contributed by atoms with E-state index in [2.05, 4.69) is 15.9 Å². The van der Waals surface area contributed by atoms with Crippen LogP contribution in [0.3, 0.4) is 0 Å². The molecule has 0 aromatic heterocycles. The average molecular weight is 233 g/mol. The molecular weight excluding hydrogens is 214 g/mol. The van der Waals surface area contributed by atoms with Crippen LogP contribution < -0.4 is 4.90 Å². The van der Waals surface area contributed by atoms with E-state index in [-0.39, 0.29) is 0 Å². The SMILES string of the molecule is BrC[C@@H]1CCC[NH+]2CCCC[C@H]12. The molecule has 0 radical (unpaired) electrons. The highest BCUT2D eigenvalue weighted by Crippen LogP contribution is 2.21. The van der Waals surface area contributed by atoms with E-state index in [1.807, 2.05) is 4.90 Å². The Morgan fingerprint density at radius 2 is 1.92 bits per heavy atom. The maximum atomic E-state index is 3.66. The van der Waals surface area contributed by atoms with Crippen LogP contribution in [0.1, 0.15) is 32.1 Å². The molecule has 1 unspecified atom stereocenters. The zero-order valence-electron chi connectivity index (χ0n) is 7.69. The number of hydrogen-bond donors (Lipinski definition) is 1. The summed E-state index contributed by atoms with van der Waals surface area (Å²) in [7, 11) is 0. The molecule has 0 aromatic carbocycles. The Labute approximate surface area is 83.6 Å². The van der Waals surface area contributed by atoms with Crippen molar-refractivity contribution in [2.75, 3.05) is 18.4 Å². The van der Waals surface area contributed by atoms with Gasteiger partial charge < -0.3 is 4.90 Å². The van der Waals surface area contributed by atoms with E-state index in [4.69, 9.17) is 0 Å². The zero-order valence-corrected chi connectivity index (χ0v) is 9.28. The van der Waals surface area contributed by atoms with Gasteiger partial charge in [-0.3, -0.25) is 0 Å². The van der Waals surface area contributed by atoms with Gasteiger partial charge in [0.25, 0.3) is 0 Å². The molecule has 0 saturated carbocycles. The smallest absolute Gasteiger partial charge is 0.0911 e. The van der Waals surface area contributed by atoms with Gasteiger partial charge in [0.1, 0.15) is 0 Å². The van der Waals surface area contributed by atoms with E-state index in [0.29, 0.717) is 0 Å². The number of nitrogens with one attached hydrogen (secondary N) is 1. The molecule has 3 atom stereocenters. The minimum atomic E-state index is 0.981. The van der Waals surface area contributed by atoms with Gasteiger partial charge in [-0.1, -0.05) is 15.9 Å². The van der Waals surface area contributed by atoms with Crippen LogP contribution in [0, 0.1) is 5.92 Å². The van der Waals surface area contributed by atoms with Crippen molar-refractivity contribution in [3.05, 3.63) is 0 Å². The summed E-state index contributed by atoms with van der Waals surface area (Å²) in [4.78, 5) is 1.91. The number of fused-ring (bicyclic) bond motifs is 1. The van der Waals surface area contributed by atoms with Crippen molar-refractivity contribution in [2.24, 2.45) is 5.92 Å². The number of piperidine rings is 2. The first-order valence-corrected chi connectivity index (χ1v) is 6.44. The lowest BCUT2D eigenvalue weighted by Crippen LogP contribution is -3.18. The second kappa shape index (κ2) is 4.10. The molecule has 2 fully saturated rings. The van der Waals surface area contributed by atoms with Crippen molar-refractivity contribution in [3.8, 4) is 0 Å². The molecule has 1 nitrogen and oxygen atoms in total. The predicted molar refractivity (Wildman–Crippen MR) is 54.9 cm³/mol. The van der Waals surface area contributed by atoms with Crippen LogP contribution in [0.2, 0.25) is 0 Å². The first kappa shape index (κ1) is 9.01. The lowest BCUT2D eigenvalue weighted by Gasteiger charge is -2.40. The number of rotatable bonds is 1. The third kappa shape index (κ3) is 1.69. The highest BCUT2D eigenvalue weighted by molar-refractivity contribution is 9.09. The second-order valence-electron chi connectivity index (χ2n) is 4.32. The molecule has 2 heterocycles. The summed E-state index contributed by atoms with van der Waals surface area (Å²) in [6, 6.07) is 1.01. The number of alkyl halides is 1. The molecular formula is C10H19BrN+. The largest absolute Gasteiger partial charge is 0.332 e. The predicted octanol–water partition coefficient (Wildman–Crippen LogP) is 1.23. The Morgan fingerprint density at radius 1 is 1.08 bits per heavy atom. The molecule has 0 bridgehead atoms. The van der Waals surface area contributed by atoms with Gasteiger partial charge in [-0.25, -0.2) is 0 Å². The fraction of sp³-hybridized carbons (Fsp3) is 1.00. The third-order valence-electron chi connectivity index (χ3n) is 3.63. The van der Waals surface area contributed by atoms with Crippen molar-refractivity contribution in [1.82, 2.24) is 0 Å². The van der Waals surface area contributed by atoms with E-state index >= 15 is 0 Å². The fourth-order valence-electron chi connectivity index (χ4n) is 2.96. The monoisotopic (exact) mass is 232 g/mol. The van der Waals surface area contributed by atoms with Gasteiger partial charge in [0.05, 0.1) is 19.1 Å². The van der Waals surface area contributed by atoms with Crippen LogP contribution >= 0.6 is 15.9 Å². The van der Waals surface area contributed by atoms with Crippen LogP contribution in [0.25, 0.3) is 0 Å². The van der Waals surface area contributed by atoms with Gasteiger partial charge in [-0.15, -0.1) is 0 Å². The van der Waals surface area contributed by atoms with Crippen molar-refractivity contribution in [2.45, 2.75) is 38.1 Å². The van der Waals surface area contributed by atoms with Crippen LogP contribution in [0.5, 0.6) is 0 Å². The van der Waals surface area contributed by atoms with Crippen molar-refractivity contribution in [3.63, 3.8) is 0 Å². The summed E-state index contributed by atoms with van der Waals surface area (Å²) in [6.45, 7) is 2.91. The second-order valence-corrected chi connectivity index (χ2v) is 4.96. The molecule has 2 heteroatoms. The summed E-state index contributed by atoms with van der Waals surface area (Å²) < 4.78 is 0. The quantitative estimate of drug-likeness (QED) is 0.650. The van der Waals surface area contributed by atoms with E-state index in [0.717, 1.165) is 12.0 Å². The van der Waals surface area contributed by atoms with Gasteiger partial charge in [0.2, 0.25) is 0 Å². The van der Waals surface area contributed by atoms with E-state index in [1.54, 1.807) is 0 Å². The average Bonchev–Trinajstić information content (AvgIpc) is 2.17. The van der Waals surface area contributed by atoms with Gasteiger partial charge in [-0.2, -0.15) is 0 Å². The molecule has 1 N–H and O–H groups in total. The highest BCUT2D eigenvalue weighted by Gasteiger charge is 2.35. The van der Waals surface area contributed by atoms with Crippen LogP contribution in [-0.4, -0.2) is 24.5 Å². The molecule has 2 aliphatic heterocycles. The molecule has 2 saturated heterocycles. The number of quaternary nitrogens is 1. The number of halogens is 1. The van der Waals surface area contributed by atoms with Crippen LogP contribution in [-0.2, 0) is 0 Å². The molecule has 2 rings (SSSR count). The maximum Gasteiger partial charge on any atom is 0.0911 e. The maximum absolute atomic E-state index is 3.66. The Morgan fingerprint density at radius 3 is 2.75 bits per heavy atom. The zero-order chi connectivity index (χ0) is 8.39. The first-order chi connectivity index (χ1) is 5.92. The molecule has 2 aliphatic rings. The van der Waals surface area contributed by atoms with Crippen molar-refractivity contribution < 1.29 is 4.90 Å². The van der Waals surface area contributed by atoms with E-state index < -0.39 is 0 Å². The molecule has 12 heavy (non-hydrogen) atoms. The van der Waals surface area contributed by atoms with Gasteiger partial charge in [-0.05, 0) is 32.1 Å². The standard InChI is InChI=1S/C10H18BrN/c11-8-9-4-3-7-12-6-2-1-5-10(9)12/h9-10H,1-8H2/p+1/t9-,10+/m0/s1. The summed E-state index contributed by atoms with van der Waals surface area (Å²) in [5.74, 6) is 0.981. The van der Waals surface area contributed by atoms with Crippen molar-refractivity contribution >= 4 is 15.9 Å². The van der Waals surface area contributed by atoms with Crippen LogP contribution in [0.15, 0.2) is 0 Å². The summed E-state index contributed by atoms with van der Waals surface area (Å²) >= 11 is 3.66. The lowest BCUT2D eigenvalue weighted by molar-refractivity contribution is -0.939. The van der Waals surface area contributed by atoms with E-state index in [1.165, 1.54) is 50.5 Å². The summed E-state index contributed by atoms with van der Waals surface area (Å²) in [6.07, 6.45) is 7.38. The molecule has 0 aromatic rings. The fourth-order valence-corrected chi connectivity index (χ4v) is 3.74. The molecule has 0 aliphatic carbocycles. The Kier molecular flexibility index (Phi) is 3.08. The summed E-state index contributed by atoms with van der Waals surface area (Å²) in [5.41, 5.74) is 0. The van der Waals surface area contributed by atoms with Gasteiger partial charge in [0.15, 0.2) is 0 Å². The topological polar surface area (TPSA) is 4.44 Å². The minimum absolute atomic E-state index is 0.981. The minimum Gasteiger partial charge on any atom is -0.332 e. The Balaban J connectivity index is 1.99. The Hall–Kier alpha value is 0.440. The molecule has 0 amide bonds. The number of hydrogen-bond acceptors (Lipinski definition) is 0. The third-order valence-corrected chi connectivity index (χ3v) is 4.46. The Bertz CT molecular complexity index is 140. The normalized spacial score (nSPS) is 42.2. The summed E-state index contributed by atoms with van der Waals surface area (Å²) in [5, 5.41) is 1.24. The van der Waals surface area contributed by atoms with Gasteiger partial charge >= 0.3 is 0 Å². The van der Waals surface area contributed by atoms with E-state index in [9.17, 15) is 0 Å². The molecule has 0 spiro atoms. The molecule has 70 valence electrons. The van der Waals surface area contributed by atoms with Crippen LogP contribution in [0.4, 0.5) is 0 Å². The van der Waals surface area contributed by atoms with Gasteiger partial charge in [0, 0.05) is 11.2 Å². The highest BCUT2D eigenvalue weighted by atomic mass is 79.9. The lowest BCUT2D eigenvalue weighted by atomic mass is 9.85. The van der Waals surface area contributed by atoms with Crippen molar-refractivity contribution in [1.29, 1.82) is 0 Å². The first-order valence-electron chi connectivity index (χ1n) is 5.32.